The maximum Gasteiger partial charge on any atom is 0.211 e. The van der Waals surface area contributed by atoms with Gasteiger partial charge in [-0.1, -0.05) is 6.08 Å². The predicted molar refractivity (Wildman–Crippen MR) is 92.1 cm³/mol. The molecule has 0 unspecified atom stereocenters. The van der Waals surface area contributed by atoms with Crippen molar-refractivity contribution >= 4 is 26.8 Å². The predicted octanol–water partition coefficient (Wildman–Crippen LogP) is 1.47. The van der Waals surface area contributed by atoms with Gasteiger partial charge in [-0.05, 0) is 12.5 Å². The van der Waals surface area contributed by atoms with Gasteiger partial charge in [0.05, 0.1) is 12.5 Å². The van der Waals surface area contributed by atoms with Crippen LogP contribution in [0.3, 0.4) is 0 Å². The molecule has 24 heavy (non-hydrogen) atoms. The molecule has 1 saturated heterocycles. The van der Waals surface area contributed by atoms with Crippen LogP contribution in [0.1, 0.15) is 6.42 Å². The minimum absolute atomic E-state index is 0.329. The highest BCUT2D eigenvalue weighted by atomic mass is 32.2. The van der Waals surface area contributed by atoms with Crippen LogP contribution < -0.4 is 5.32 Å². The van der Waals surface area contributed by atoms with Crippen LogP contribution in [0.5, 0.6) is 0 Å². The topological polar surface area (TPSA) is 78.7 Å². The smallest absolute Gasteiger partial charge is 0.211 e. The molecular weight excluding hydrogens is 328 g/mol. The van der Waals surface area contributed by atoms with Gasteiger partial charge in [0.2, 0.25) is 10.0 Å². The third-order valence-corrected chi connectivity index (χ3v) is 5.92. The van der Waals surface area contributed by atoms with Crippen LogP contribution in [0.2, 0.25) is 0 Å². The fourth-order valence-corrected chi connectivity index (χ4v) is 4.02. The summed E-state index contributed by atoms with van der Waals surface area (Å²) in [6.45, 7) is 2.95. The lowest BCUT2D eigenvalue weighted by Gasteiger charge is -2.44. The van der Waals surface area contributed by atoms with Crippen molar-refractivity contribution in [3.05, 3.63) is 36.4 Å². The molecule has 0 aliphatic carbocycles. The fourth-order valence-electron chi connectivity index (χ4n) is 3.14. The Morgan fingerprint density at radius 2 is 2.21 bits per heavy atom. The summed E-state index contributed by atoms with van der Waals surface area (Å²) in [4.78, 5) is 6.72. The molecular formula is C16H20N4O3S. The quantitative estimate of drug-likeness (QED) is 0.901. The minimum Gasteiger partial charge on any atom is -0.464 e. The molecule has 4 rings (SSSR count). The Hall–Kier alpha value is -1.90. The molecule has 0 bridgehead atoms. The first-order valence-corrected chi connectivity index (χ1v) is 9.82. The second kappa shape index (κ2) is 5.87. The zero-order valence-electron chi connectivity index (χ0n) is 13.5. The van der Waals surface area contributed by atoms with Crippen LogP contribution in [-0.4, -0.2) is 61.1 Å². The highest BCUT2D eigenvalue weighted by Gasteiger charge is 2.37. The van der Waals surface area contributed by atoms with E-state index in [0.717, 1.165) is 42.0 Å². The number of sulfonamides is 1. The van der Waals surface area contributed by atoms with Gasteiger partial charge < -0.3 is 9.73 Å². The lowest BCUT2D eigenvalue weighted by molar-refractivity contribution is 0.0958. The molecule has 0 spiro atoms. The standard InChI is InChI=1S/C16H20N4O3S/c1-24(21,22)20-10-14(11-20)19-5-2-13(3-6-19)18-16-8-15-12(9-17-16)4-7-23-15/h2,4,7-9,14H,3,5-6,10-11H2,1H3,(H,17,18). The van der Waals surface area contributed by atoms with E-state index >= 15 is 0 Å². The zero-order valence-corrected chi connectivity index (χ0v) is 14.3. The summed E-state index contributed by atoms with van der Waals surface area (Å²) in [7, 11) is -3.04. The van der Waals surface area contributed by atoms with Crippen molar-refractivity contribution in [2.24, 2.45) is 0 Å². The van der Waals surface area contributed by atoms with Gasteiger partial charge in [-0.2, -0.15) is 4.31 Å². The van der Waals surface area contributed by atoms with Crippen LogP contribution in [-0.2, 0) is 10.0 Å². The SMILES string of the molecule is CS(=O)(=O)N1CC(N2CC=C(Nc3cc4occc4cn3)CC2)C1. The lowest BCUT2D eigenvalue weighted by Crippen LogP contribution is -2.61. The van der Waals surface area contributed by atoms with E-state index in [1.807, 2.05) is 12.1 Å². The summed E-state index contributed by atoms with van der Waals surface area (Å²) in [5.74, 6) is 0.782. The third kappa shape index (κ3) is 3.04. The highest BCUT2D eigenvalue weighted by molar-refractivity contribution is 7.88. The molecule has 2 aliphatic heterocycles. The Balaban J connectivity index is 1.35. The Morgan fingerprint density at radius 1 is 1.38 bits per heavy atom. The zero-order chi connectivity index (χ0) is 16.7. The van der Waals surface area contributed by atoms with E-state index < -0.39 is 10.0 Å². The van der Waals surface area contributed by atoms with Gasteiger partial charge in [-0.25, -0.2) is 13.4 Å². The van der Waals surface area contributed by atoms with Crippen molar-refractivity contribution in [3.8, 4) is 0 Å². The second-order valence-electron chi connectivity index (χ2n) is 6.36. The molecule has 8 heteroatoms. The van der Waals surface area contributed by atoms with Crippen molar-refractivity contribution < 1.29 is 12.8 Å². The molecule has 0 amide bonds. The number of hydrogen-bond donors (Lipinski definition) is 1. The Kier molecular flexibility index (Phi) is 3.82. The van der Waals surface area contributed by atoms with Crippen LogP contribution in [0, 0.1) is 0 Å². The molecule has 0 aromatic carbocycles. The van der Waals surface area contributed by atoms with Crippen LogP contribution in [0.4, 0.5) is 5.82 Å². The van der Waals surface area contributed by atoms with E-state index in [-0.39, 0.29) is 0 Å². The minimum atomic E-state index is -3.04. The number of furan rings is 1. The van der Waals surface area contributed by atoms with E-state index in [9.17, 15) is 8.42 Å². The van der Waals surface area contributed by atoms with Gasteiger partial charge in [-0.15, -0.1) is 0 Å². The molecule has 2 aliphatic rings. The number of aromatic nitrogens is 1. The average molecular weight is 348 g/mol. The summed E-state index contributed by atoms with van der Waals surface area (Å²) in [5, 5.41) is 4.34. The van der Waals surface area contributed by atoms with Crippen molar-refractivity contribution in [1.29, 1.82) is 0 Å². The number of fused-ring (bicyclic) bond motifs is 1. The summed E-state index contributed by atoms with van der Waals surface area (Å²) in [6.07, 6.45) is 7.77. The molecule has 7 nitrogen and oxygen atoms in total. The normalized spacial score (nSPS) is 20.8. The number of pyridine rings is 1. The summed E-state index contributed by atoms with van der Waals surface area (Å²) in [6, 6.07) is 4.12. The number of hydrogen-bond acceptors (Lipinski definition) is 6. The molecule has 0 saturated carbocycles. The van der Waals surface area contributed by atoms with Crippen LogP contribution in [0.25, 0.3) is 11.0 Å². The number of rotatable bonds is 4. The lowest BCUT2D eigenvalue weighted by atomic mass is 10.1. The van der Waals surface area contributed by atoms with Crippen LogP contribution in [0.15, 0.2) is 40.8 Å². The Labute approximate surface area is 141 Å². The molecule has 1 fully saturated rings. The second-order valence-corrected chi connectivity index (χ2v) is 8.34. The fraction of sp³-hybridized carbons (Fsp3) is 0.438. The summed E-state index contributed by atoms with van der Waals surface area (Å²) < 4.78 is 29.8. The molecule has 1 N–H and O–H groups in total. The first-order chi connectivity index (χ1) is 11.5. The number of nitrogens with one attached hydrogen (secondary N) is 1. The maximum atomic E-state index is 11.4. The molecule has 2 aromatic heterocycles. The molecule has 0 atom stereocenters. The van der Waals surface area contributed by atoms with Crippen molar-refractivity contribution in [1.82, 2.24) is 14.2 Å². The van der Waals surface area contributed by atoms with Gasteiger partial charge in [0, 0.05) is 55.6 Å². The molecule has 0 radical (unpaired) electrons. The average Bonchev–Trinajstić information content (AvgIpc) is 2.93. The molecule has 4 heterocycles. The van der Waals surface area contributed by atoms with Gasteiger partial charge in [0.25, 0.3) is 0 Å². The first kappa shape index (κ1) is 15.6. The highest BCUT2D eigenvalue weighted by Crippen LogP contribution is 2.23. The Bertz CT molecular complexity index is 884. The molecule has 128 valence electrons. The van der Waals surface area contributed by atoms with E-state index in [0.29, 0.717) is 19.1 Å². The molecule has 2 aromatic rings. The monoisotopic (exact) mass is 348 g/mol. The largest absolute Gasteiger partial charge is 0.464 e. The van der Waals surface area contributed by atoms with E-state index in [1.54, 1.807) is 12.5 Å². The van der Waals surface area contributed by atoms with Gasteiger partial charge in [0.15, 0.2) is 0 Å². The van der Waals surface area contributed by atoms with Gasteiger partial charge in [-0.3, -0.25) is 4.90 Å². The van der Waals surface area contributed by atoms with Crippen molar-refractivity contribution in [3.63, 3.8) is 0 Å². The third-order valence-electron chi connectivity index (χ3n) is 4.68. The Morgan fingerprint density at radius 3 is 2.92 bits per heavy atom. The van der Waals surface area contributed by atoms with Crippen molar-refractivity contribution in [2.45, 2.75) is 12.5 Å². The van der Waals surface area contributed by atoms with E-state index in [1.165, 1.54) is 10.6 Å². The number of nitrogens with zero attached hydrogens (tertiary/aromatic N) is 3. The van der Waals surface area contributed by atoms with Crippen LogP contribution >= 0.6 is 0 Å². The van der Waals surface area contributed by atoms with E-state index in [2.05, 4.69) is 21.3 Å². The van der Waals surface area contributed by atoms with Gasteiger partial charge >= 0.3 is 0 Å². The number of anilines is 1. The van der Waals surface area contributed by atoms with Crippen molar-refractivity contribution in [2.75, 3.05) is 37.8 Å². The maximum absolute atomic E-state index is 11.4. The van der Waals surface area contributed by atoms with Gasteiger partial charge in [0.1, 0.15) is 11.4 Å². The first-order valence-electron chi connectivity index (χ1n) is 7.97. The van der Waals surface area contributed by atoms with E-state index in [4.69, 9.17) is 4.42 Å². The summed E-state index contributed by atoms with van der Waals surface area (Å²) >= 11 is 0. The summed E-state index contributed by atoms with van der Waals surface area (Å²) in [5.41, 5.74) is 1.96.